The van der Waals surface area contributed by atoms with Gasteiger partial charge in [0.1, 0.15) is 0 Å². The molecule has 0 aromatic carbocycles. The molecule has 4 rings (SSSR count). The largest absolute Gasteiger partial charge is 0.333 e. The van der Waals surface area contributed by atoms with Crippen LogP contribution in [-0.4, -0.2) is 27.3 Å². The molecule has 0 radical (unpaired) electrons. The SMILES string of the molecule is O=C(NCc1cccs1)N1CCn2nc3c(c2C1)CCC3. The van der Waals surface area contributed by atoms with E-state index in [0.717, 1.165) is 25.9 Å². The molecule has 1 aliphatic heterocycles. The highest BCUT2D eigenvalue weighted by molar-refractivity contribution is 7.09. The van der Waals surface area contributed by atoms with Crippen molar-refractivity contribution in [2.75, 3.05) is 6.54 Å². The number of rotatable bonds is 2. The number of hydrogen-bond acceptors (Lipinski definition) is 3. The second-order valence-corrected chi connectivity index (χ2v) is 6.64. The van der Waals surface area contributed by atoms with Gasteiger partial charge < -0.3 is 10.2 Å². The first-order valence-corrected chi connectivity index (χ1v) is 8.32. The van der Waals surface area contributed by atoms with Crippen LogP contribution in [0, 0.1) is 0 Å². The minimum atomic E-state index is 0.0302. The smallest absolute Gasteiger partial charge is 0.318 e. The third-order valence-electron chi connectivity index (χ3n) is 4.29. The van der Waals surface area contributed by atoms with Gasteiger partial charge in [-0.25, -0.2) is 4.79 Å². The number of thiophene rings is 1. The standard InChI is InChI=1S/C15H18N4OS/c20-15(16-9-11-3-2-8-21-11)18-6-7-19-14(10-18)12-4-1-5-13(12)17-19/h2-3,8H,1,4-7,9-10H2,(H,16,20). The lowest BCUT2D eigenvalue weighted by Crippen LogP contribution is -2.44. The number of urea groups is 1. The first-order valence-electron chi connectivity index (χ1n) is 7.44. The highest BCUT2D eigenvalue weighted by Crippen LogP contribution is 2.27. The molecule has 0 spiro atoms. The van der Waals surface area contributed by atoms with Gasteiger partial charge in [-0.1, -0.05) is 6.07 Å². The van der Waals surface area contributed by atoms with Gasteiger partial charge in [0.25, 0.3) is 0 Å². The highest BCUT2D eigenvalue weighted by atomic mass is 32.1. The lowest BCUT2D eigenvalue weighted by Gasteiger charge is -2.28. The number of fused-ring (bicyclic) bond motifs is 3. The van der Waals surface area contributed by atoms with Crippen molar-refractivity contribution in [3.8, 4) is 0 Å². The summed E-state index contributed by atoms with van der Waals surface area (Å²) in [6.07, 6.45) is 3.42. The summed E-state index contributed by atoms with van der Waals surface area (Å²) in [6, 6.07) is 4.08. The molecular formula is C15H18N4OS. The fraction of sp³-hybridized carbons (Fsp3) is 0.467. The molecule has 21 heavy (non-hydrogen) atoms. The maximum absolute atomic E-state index is 12.3. The molecule has 2 aromatic heterocycles. The molecule has 2 aromatic rings. The van der Waals surface area contributed by atoms with Gasteiger partial charge in [0.05, 0.1) is 31.0 Å². The number of nitrogens with one attached hydrogen (secondary N) is 1. The molecule has 1 N–H and O–H groups in total. The molecule has 110 valence electrons. The van der Waals surface area contributed by atoms with Gasteiger partial charge >= 0.3 is 6.03 Å². The second-order valence-electron chi connectivity index (χ2n) is 5.61. The van der Waals surface area contributed by atoms with Crippen LogP contribution in [0.25, 0.3) is 0 Å². The average Bonchev–Trinajstić information content (AvgIpc) is 3.20. The van der Waals surface area contributed by atoms with Crippen molar-refractivity contribution < 1.29 is 4.79 Å². The Bertz CT molecular complexity index is 662. The van der Waals surface area contributed by atoms with Gasteiger partial charge in [0.15, 0.2) is 0 Å². The number of hydrogen-bond donors (Lipinski definition) is 1. The molecule has 0 saturated heterocycles. The number of carbonyl (C=O) groups excluding carboxylic acids is 1. The lowest BCUT2D eigenvalue weighted by molar-refractivity contribution is 0.180. The predicted molar refractivity (Wildman–Crippen MR) is 81.2 cm³/mol. The Morgan fingerprint density at radius 1 is 1.38 bits per heavy atom. The summed E-state index contributed by atoms with van der Waals surface area (Å²) in [5.41, 5.74) is 3.90. The second kappa shape index (κ2) is 5.18. The van der Waals surface area contributed by atoms with Crippen LogP contribution in [0.3, 0.4) is 0 Å². The third-order valence-corrected chi connectivity index (χ3v) is 5.17. The van der Waals surface area contributed by atoms with Crippen molar-refractivity contribution in [3.63, 3.8) is 0 Å². The van der Waals surface area contributed by atoms with Crippen LogP contribution in [-0.2, 0) is 32.5 Å². The number of aromatic nitrogens is 2. The van der Waals surface area contributed by atoms with E-state index in [1.54, 1.807) is 11.3 Å². The minimum Gasteiger partial charge on any atom is -0.333 e. The molecule has 1 aliphatic carbocycles. The van der Waals surface area contributed by atoms with Crippen molar-refractivity contribution in [1.29, 1.82) is 0 Å². The molecule has 0 bridgehead atoms. The molecule has 6 heteroatoms. The zero-order chi connectivity index (χ0) is 14.2. The lowest BCUT2D eigenvalue weighted by atomic mass is 10.1. The quantitative estimate of drug-likeness (QED) is 0.924. The molecule has 3 heterocycles. The van der Waals surface area contributed by atoms with E-state index in [9.17, 15) is 4.79 Å². The van der Waals surface area contributed by atoms with Crippen molar-refractivity contribution in [2.24, 2.45) is 0 Å². The summed E-state index contributed by atoms with van der Waals surface area (Å²) in [6.45, 7) is 2.86. The van der Waals surface area contributed by atoms with Crippen molar-refractivity contribution in [1.82, 2.24) is 20.0 Å². The minimum absolute atomic E-state index is 0.0302. The van der Waals surface area contributed by atoms with Gasteiger partial charge in [0.2, 0.25) is 0 Å². The zero-order valence-corrected chi connectivity index (χ0v) is 12.7. The summed E-state index contributed by atoms with van der Waals surface area (Å²) in [5, 5.41) is 9.72. The summed E-state index contributed by atoms with van der Waals surface area (Å²) in [4.78, 5) is 15.4. The molecule has 2 amide bonds. The number of amides is 2. The summed E-state index contributed by atoms with van der Waals surface area (Å²) >= 11 is 1.67. The van der Waals surface area contributed by atoms with E-state index < -0.39 is 0 Å². The molecule has 2 aliphatic rings. The molecule has 5 nitrogen and oxygen atoms in total. The van der Waals surface area contributed by atoms with E-state index in [1.165, 1.54) is 28.2 Å². The van der Waals surface area contributed by atoms with Crippen LogP contribution >= 0.6 is 11.3 Å². The van der Waals surface area contributed by atoms with Gasteiger partial charge in [-0.05, 0) is 36.3 Å². The summed E-state index contributed by atoms with van der Waals surface area (Å²) in [5.74, 6) is 0. The fourth-order valence-corrected chi connectivity index (χ4v) is 3.85. The van der Waals surface area contributed by atoms with E-state index in [4.69, 9.17) is 0 Å². The monoisotopic (exact) mass is 302 g/mol. The molecule has 0 saturated carbocycles. The topological polar surface area (TPSA) is 50.2 Å². The molecule has 0 unspecified atom stereocenters. The zero-order valence-electron chi connectivity index (χ0n) is 11.8. The maximum atomic E-state index is 12.3. The first kappa shape index (κ1) is 12.9. The Labute approximate surface area is 127 Å². The van der Waals surface area contributed by atoms with Gasteiger partial charge in [-0.2, -0.15) is 5.10 Å². The number of aryl methyl sites for hydroxylation is 1. The Morgan fingerprint density at radius 2 is 2.33 bits per heavy atom. The van der Waals surface area contributed by atoms with E-state index in [1.807, 2.05) is 22.4 Å². The van der Waals surface area contributed by atoms with Crippen LogP contribution in [0.2, 0.25) is 0 Å². The van der Waals surface area contributed by atoms with E-state index in [0.29, 0.717) is 13.1 Å². The maximum Gasteiger partial charge on any atom is 0.318 e. The van der Waals surface area contributed by atoms with Crippen LogP contribution in [0.1, 0.15) is 28.2 Å². The van der Waals surface area contributed by atoms with E-state index >= 15 is 0 Å². The van der Waals surface area contributed by atoms with E-state index in [2.05, 4.69) is 15.1 Å². The Morgan fingerprint density at radius 3 is 3.19 bits per heavy atom. The van der Waals surface area contributed by atoms with Gasteiger partial charge in [-0.3, -0.25) is 4.68 Å². The first-order chi connectivity index (χ1) is 10.3. The summed E-state index contributed by atoms with van der Waals surface area (Å²) < 4.78 is 2.10. The molecular weight excluding hydrogens is 284 g/mol. The third kappa shape index (κ3) is 2.33. The Kier molecular flexibility index (Phi) is 3.18. The molecule has 0 atom stereocenters. The summed E-state index contributed by atoms with van der Waals surface area (Å²) in [7, 11) is 0. The van der Waals surface area contributed by atoms with Crippen molar-refractivity contribution >= 4 is 17.4 Å². The van der Waals surface area contributed by atoms with Gasteiger partial charge in [-0.15, -0.1) is 11.3 Å². The van der Waals surface area contributed by atoms with Crippen LogP contribution in [0.4, 0.5) is 4.79 Å². The van der Waals surface area contributed by atoms with E-state index in [-0.39, 0.29) is 6.03 Å². The van der Waals surface area contributed by atoms with Crippen LogP contribution in [0.5, 0.6) is 0 Å². The van der Waals surface area contributed by atoms with Crippen LogP contribution < -0.4 is 5.32 Å². The molecule has 0 fully saturated rings. The average molecular weight is 302 g/mol. The number of carbonyl (C=O) groups is 1. The van der Waals surface area contributed by atoms with Crippen molar-refractivity contribution in [2.45, 2.75) is 38.9 Å². The fourth-order valence-electron chi connectivity index (χ4n) is 3.21. The Hall–Kier alpha value is -1.82. The van der Waals surface area contributed by atoms with Gasteiger partial charge in [0, 0.05) is 11.4 Å². The van der Waals surface area contributed by atoms with Crippen LogP contribution in [0.15, 0.2) is 17.5 Å². The highest BCUT2D eigenvalue weighted by Gasteiger charge is 2.28. The predicted octanol–water partition coefficient (Wildman–Crippen LogP) is 2.16. The number of nitrogens with zero attached hydrogens (tertiary/aromatic N) is 3. The normalized spacial score (nSPS) is 16.7. The Balaban J connectivity index is 1.44. The van der Waals surface area contributed by atoms with Crippen molar-refractivity contribution in [3.05, 3.63) is 39.3 Å².